The minimum atomic E-state index is -3.46. The van der Waals surface area contributed by atoms with Crippen LogP contribution in [0, 0.1) is 0 Å². The van der Waals surface area contributed by atoms with Crippen molar-refractivity contribution in [3.63, 3.8) is 0 Å². The second-order valence-electron chi connectivity index (χ2n) is 5.77. The molecule has 0 aromatic heterocycles. The molecule has 2 aromatic rings. The second kappa shape index (κ2) is 6.81. The topological polar surface area (TPSA) is 46.2 Å². The van der Waals surface area contributed by atoms with Crippen molar-refractivity contribution in [3.05, 3.63) is 69.2 Å². The lowest BCUT2D eigenvalue weighted by Crippen LogP contribution is -2.31. The van der Waals surface area contributed by atoms with E-state index < -0.39 is 10.0 Å². The molecular weight excluding hydrogens is 353 g/mol. The van der Waals surface area contributed by atoms with Crippen LogP contribution < -0.4 is 4.72 Å². The van der Waals surface area contributed by atoms with Gasteiger partial charge in [-0.3, -0.25) is 0 Å². The van der Waals surface area contributed by atoms with Crippen molar-refractivity contribution in [3.8, 4) is 0 Å². The van der Waals surface area contributed by atoms with Gasteiger partial charge in [0.25, 0.3) is 0 Å². The fraction of sp³-hybridized carbons (Fsp3) is 0.294. The van der Waals surface area contributed by atoms with Gasteiger partial charge in [0, 0.05) is 6.04 Å². The Morgan fingerprint density at radius 2 is 1.87 bits per heavy atom. The molecule has 0 bridgehead atoms. The van der Waals surface area contributed by atoms with Gasteiger partial charge in [-0.1, -0.05) is 53.5 Å². The highest BCUT2D eigenvalue weighted by atomic mass is 35.5. The molecule has 0 aliphatic heterocycles. The first kappa shape index (κ1) is 16.8. The minimum absolute atomic E-state index is 0.109. The highest BCUT2D eigenvalue weighted by Crippen LogP contribution is 2.30. The Morgan fingerprint density at radius 1 is 1.09 bits per heavy atom. The van der Waals surface area contributed by atoms with E-state index in [-0.39, 0.29) is 11.8 Å². The van der Waals surface area contributed by atoms with E-state index in [0.29, 0.717) is 15.6 Å². The molecule has 0 fully saturated rings. The standard InChI is InChI=1S/C17H17Cl2NO2S/c18-15-9-8-12(10-16(15)19)11-23(21,22)20-17-7-3-5-13-4-1-2-6-14(13)17/h1-2,4,6,8-10,17,20H,3,5,7,11H2. The van der Waals surface area contributed by atoms with E-state index >= 15 is 0 Å². The molecule has 1 N–H and O–H groups in total. The number of hydrogen-bond acceptors (Lipinski definition) is 2. The molecule has 1 unspecified atom stereocenters. The summed E-state index contributed by atoms with van der Waals surface area (Å²) < 4.78 is 27.8. The predicted octanol–water partition coefficient (Wildman–Crippen LogP) is 4.49. The lowest BCUT2D eigenvalue weighted by molar-refractivity contribution is 0.507. The summed E-state index contributed by atoms with van der Waals surface area (Å²) in [6, 6.07) is 12.7. The van der Waals surface area contributed by atoms with Crippen molar-refractivity contribution in [2.45, 2.75) is 31.1 Å². The summed E-state index contributed by atoms with van der Waals surface area (Å²) in [4.78, 5) is 0. The molecule has 1 atom stereocenters. The summed E-state index contributed by atoms with van der Waals surface area (Å²) in [6.45, 7) is 0. The van der Waals surface area contributed by atoms with Gasteiger partial charge in [0.15, 0.2) is 0 Å². The highest BCUT2D eigenvalue weighted by molar-refractivity contribution is 7.88. The molecule has 0 amide bonds. The summed E-state index contributed by atoms with van der Waals surface area (Å²) in [5.41, 5.74) is 2.92. The van der Waals surface area contributed by atoms with Gasteiger partial charge in [-0.05, 0) is 48.1 Å². The maximum Gasteiger partial charge on any atom is 0.216 e. The van der Waals surface area contributed by atoms with Crippen LogP contribution in [0.2, 0.25) is 10.0 Å². The van der Waals surface area contributed by atoms with E-state index in [1.807, 2.05) is 18.2 Å². The smallest absolute Gasteiger partial charge is 0.212 e. The lowest BCUT2D eigenvalue weighted by Gasteiger charge is -2.26. The predicted molar refractivity (Wildman–Crippen MR) is 94.3 cm³/mol. The molecule has 2 aromatic carbocycles. The molecule has 122 valence electrons. The van der Waals surface area contributed by atoms with E-state index in [2.05, 4.69) is 10.8 Å². The average Bonchev–Trinajstić information content (AvgIpc) is 2.51. The third-order valence-electron chi connectivity index (χ3n) is 4.03. The van der Waals surface area contributed by atoms with Gasteiger partial charge < -0.3 is 0 Å². The lowest BCUT2D eigenvalue weighted by atomic mass is 9.88. The first-order valence-electron chi connectivity index (χ1n) is 7.46. The molecule has 3 nitrogen and oxygen atoms in total. The summed E-state index contributed by atoms with van der Waals surface area (Å²) in [6.07, 6.45) is 2.80. The third-order valence-corrected chi connectivity index (χ3v) is 6.13. The largest absolute Gasteiger partial charge is 0.216 e. The Kier molecular flexibility index (Phi) is 4.97. The van der Waals surface area contributed by atoms with Crippen LogP contribution in [0.25, 0.3) is 0 Å². The molecular formula is C17H17Cl2NO2S. The van der Waals surface area contributed by atoms with Crippen LogP contribution in [0.3, 0.4) is 0 Å². The Labute approximate surface area is 146 Å². The number of rotatable bonds is 4. The minimum Gasteiger partial charge on any atom is -0.212 e. The first-order valence-corrected chi connectivity index (χ1v) is 9.87. The summed E-state index contributed by atoms with van der Waals surface area (Å²) in [5.74, 6) is -0.109. The Hall–Kier alpha value is -1.07. The molecule has 6 heteroatoms. The monoisotopic (exact) mass is 369 g/mol. The van der Waals surface area contributed by atoms with Crippen LogP contribution in [0.4, 0.5) is 0 Å². The van der Waals surface area contributed by atoms with Gasteiger partial charge in [-0.25, -0.2) is 13.1 Å². The average molecular weight is 370 g/mol. The van der Waals surface area contributed by atoms with Crippen LogP contribution in [0.1, 0.15) is 35.6 Å². The SMILES string of the molecule is O=S(=O)(Cc1ccc(Cl)c(Cl)c1)NC1CCCc2ccccc21. The molecule has 0 heterocycles. The molecule has 0 spiro atoms. The number of hydrogen-bond donors (Lipinski definition) is 1. The van der Waals surface area contributed by atoms with Crippen molar-refractivity contribution in [1.82, 2.24) is 4.72 Å². The van der Waals surface area contributed by atoms with Gasteiger partial charge in [0.05, 0.1) is 15.8 Å². The van der Waals surface area contributed by atoms with Crippen LogP contribution >= 0.6 is 23.2 Å². The van der Waals surface area contributed by atoms with Gasteiger partial charge in [0.1, 0.15) is 0 Å². The van der Waals surface area contributed by atoms with E-state index in [4.69, 9.17) is 23.2 Å². The number of sulfonamides is 1. The fourth-order valence-corrected chi connectivity index (χ4v) is 4.68. The maximum atomic E-state index is 12.5. The number of aryl methyl sites for hydroxylation is 1. The molecule has 1 aliphatic rings. The van der Waals surface area contributed by atoms with E-state index in [0.717, 1.165) is 24.8 Å². The molecule has 1 aliphatic carbocycles. The second-order valence-corrected chi connectivity index (χ2v) is 8.34. The van der Waals surface area contributed by atoms with E-state index in [9.17, 15) is 8.42 Å². The summed E-state index contributed by atoms with van der Waals surface area (Å²) in [7, 11) is -3.46. The molecule has 0 saturated heterocycles. The van der Waals surface area contributed by atoms with Gasteiger partial charge in [-0.2, -0.15) is 0 Å². The molecule has 0 radical (unpaired) electrons. The van der Waals surface area contributed by atoms with Crippen LogP contribution in [0.5, 0.6) is 0 Å². The van der Waals surface area contributed by atoms with Gasteiger partial charge >= 0.3 is 0 Å². The van der Waals surface area contributed by atoms with Crippen molar-refractivity contribution in [1.29, 1.82) is 0 Å². The molecule has 0 saturated carbocycles. The number of nitrogens with one attached hydrogen (secondary N) is 1. The number of benzene rings is 2. The molecule has 23 heavy (non-hydrogen) atoms. The summed E-state index contributed by atoms with van der Waals surface area (Å²) in [5, 5.41) is 0.782. The van der Waals surface area contributed by atoms with Crippen molar-refractivity contribution >= 4 is 33.2 Å². The maximum absolute atomic E-state index is 12.5. The van der Waals surface area contributed by atoms with Gasteiger partial charge in [0.2, 0.25) is 10.0 Å². The zero-order valence-corrected chi connectivity index (χ0v) is 14.8. The van der Waals surface area contributed by atoms with Crippen molar-refractivity contribution in [2.24, 2.45) is 0 Å². The van der Waals surface area contributed by atoms with E-state index in [1.54, 1.807) is 18.2 Å². The third kappa shape index (κ3) is 4.07. The fourth-order valence-electron chi connectivity index (χ4n) is 2.98. The van der Waals surface area contributed by atoms with Crippen LogP contribution in [-0.2, 0) is 22.2 Å². The highest BCUT2D eigenvalue weighted by Gasteiger charge is 2.24. The van der Waals surface area contributed by atoms with Gasteiger partial charge in [-0.15, -0.1) is 0 Å². The van der Waals surface area contributed by atoms with E-state index in [1.165, 1.54) is 5.56 Å². The first-order chi connectivity index (χ1) is 10.9. The number of halogens is 2. The molecule has 3 rings (SSSR count). The zero-order chi connectivity index (χ0) is 16.4. The normalized spacial score (nSPS) is 17.7. The van der Waals surface area contributed by atoms with Crippen LogP contribution in [-0.4, -0.2) is 8.42 Å². The Balaban J connectivity index is 1.78. The van der Waals surface area contributed by atoms with Crippen molar-refractivity contribution in [2.75, 3.05) is 0 Å². The Morgan fingerprint density at radius 3 is 2.65 bits per heavy atom. The quantitative estimate of drug-likeness (QED) is 0.862. The zero-order valence-electron chi connectivity index (χ0n) is 12.4. The van der Waals surface area contributed by atoms with Crippen LogP contribution in [0.15, 0.2) is 42.5 Å². The summed E-state index contributed by atoms with van der Waals surface area (Å²) >= 11 is 11.8. The van der Waals surface area contributed by atoms with Crippen molar-refractivity contribution < 1.29 is 8.42 Å². The Bertz CT molecular complexity index is 821. The number of fused-ring (bicyclic) bond motifs is 1.